The number of rotatable bonds is 6. The maximum absolute atomic E-state index is 5.41. The van der Waals surface area contributed by atoms with Crippen LogP contribution < -0.4 is 0 Å². The Morgan fingerprint density at radius 1 is 1.45 bits per heavy atom. The predicted octanol–water partition coefficient (Wildman–Crippen LogP) is 1.83. The van der Waals surface area contributed by atoms with Crippen LogP contribution in [0.25, 0.3) is 0 Å². The fourth-order valence-electron chi connectivity index (χ4n) is 0.634. The molecule has 0 amide bonds. The fraction of sp³-hybridized carbons (Fsp3) is 0.750. The molecule has 0 aromatic rings. The van der Waals surface area contributed by atoms with Crippen molar-refractivity contribution in [2.75, 3.05) is 26.2 Å². The van der Waals surface area contributed by atoms with E-state index in [1.807, 2.05) is 19.1 Å². The van der Waals surface area contributed by atoms with Gasteiger partial charge in [0, 0.05) is 13.0 Å². The number of hydrogen-bond donors (Lipinski definition) is 0. The number of ether oxygens (including phenoxy) is 2. The summed E-state index contributed by atoms with van der Waals surface area (Å²) in [6.45, 7) is 3.21. The van der Waals surface area contributed by atoms with Gasteiger partial charge in [0.15, 0.2) is 0 Å². The molecule has 0 bridgehead atoms. The number of hydrogen-bond acceptors (Lipinski definition) is 2. The third-order valence-electron chi connectivity index (χ3n) is 1.13. The first kappa shape index (κ1) is 11.0. The van der Waals surface area contributed by atoms with E-state index in [1.54, 1.807) is 7.11 Å². The molecule has 3 heteroatoms. The van der Waals surface area contributed by atoms with Crippen molar-refractivity contribution in [3.8, 4) is 0 Å². The van der Waals surface area contributed by atoms with Gasteiger partial charge in [0.05, 0.1) is 19.3 Å². The van der Waals surface area contributed by atoms with Crippen molar-refractivity contribution >= 4 is 11.6 Å². The summed E-state index contributed by atoms with van der Waals surface area (Å²) >= 11 is 5.41. The third-order valence-corrected chi connectivity index (χ3v) is 1.31. The van der Waals surface area contributed by atoms with E-state index in [-0.39, 0.29) is 6.10 Å². The molecule has 11 heavy (non-hydrogen) atoms. The van der Waals surface area contributed by atoms with Crippen LogP contribution >= 0.6 is 11.6 Å². The van der Waals surface area contributed by atoms with Crippen LogP contribution in [0.5, 0.6) is 0 Å². The van der Waals surface area contributed by atoms with Gasteiger partial charge >= 0.3 is 0 Å². The minimum absolute atomic E-state index is 0.153. The average molecular weight is 179 g/mol. The SMILES string of the molecule is COCC(C)OCC=CCCl. The summed E-state index contributed by atoms with van der Waals surface area (Å²) in [5.41, 5.74) is 0. The van der Waals surface area contributed by atoms with Crippen LogP contribution in [-0.4, -0.2) is 32.3 Å². The number of methoxy groups -OCH3 is 1. The molecule has 2 nitrogen and oxygen atoms in total. The minimum Gasteiger partial charge on any atom is -0.382 e. The zero-order valence-corrected chi connectivity index (χ0v) is 7.80. The highest BCUT2D eigenvalue weighted by atomic mass is 35.5. The van der Waals surface area contributed by atoms with Crippen molar-refractivity contribution in [1.82, 2.24) is 0 Å². The summed E-state index contributed by atoms with van der Waals surface area (Å²) in [7, 11) is 1.66. The van der Waals surface area contributed by atoms with E-state index < -0.39 is 0 Å². The van der Waals surface area contributed by atoms with Crippen molar-refractivity contribution in [2.24, 2.45) is 0 Å². The largest absolute Gasteiger partial charge is 0.382 e. The maximum Gasteiger partial charge on any atom is 0.0784 e. The lowest BCUT2D eigenvalue weighted by Crippen LogP contribution is -2.14. The van der Waals surface area contributed by atoms with Crippen molar-refractivity contribution in [3.63, 3.8) is 0 Å². The molecule has 66 valence electrons. The smallest absolute Gasteiger partial charge is 0.0784 e. The first-order chi connectivity index (χ1) is 5.31. The molecule has 0 aliphatic rings. The quantitative estimate of drug-likeness (QED) is 0.457. The number of halogens is 1. The van der Waals surface area contributed by atoms with Crippen molar-refractivity contribution in [1.29, 1.82) is 0 Å². The summed E-state index contributed by atoms with van der Waals surface area (Å²) in [6.07, 6.45) is 3.92. The Morgan fingerprint density at radius 2 is 2.18 bits per heavy atom. The summed E-state index contributed by atoms with van der Waals surface area (Å²) in [5, 5.41) is 0. The molecule has 0 rings (SSSR count). The van der Waals surface area contributed by atoms with Gasteiger partial charge in [-0.05, 0) is 6.92 Å². The summed E-state index contributed by atoms with van der Waals surface area (Å²) in [4.78, 5) is 0. The number of allylic oxidation sites excluding steroid dienone is 1. The van der Waals surface area contributed by atoms with Crippen LogP contribution in [0.1, 0.15) is 6.92 Å². The van der Waals surface area contributed by atoms with Crippen molar-refractivity contribution in [2.45, 2.75) is 13.0 Å². The molecule has 1 unspecified atom stereocenters. The molecule has 0 aliphatic carbocycles. The van der Waals surface area contributed by atoms with Crippen LogP contribution in [-0.2, 0) is 9.47 Å². The molecular weight excluding hydrogens is 164 g/mol. The summed E-state index contributed by atoms with van der Waals surface area (Å²) in [5.74, 6) is 0.544. The average Bonchev–Trinajstić information content (AvgIpc) is 1.99. The van der Waals surface area contributed by atoms with E-state index in [2.05, 4.69) is 0 Å². The second-order valence-electron chi connectivity index (χ2n) is 2.23. The van der Waals surface area contributed by atoms with E-state index in [0.29, 0.717) is 19.1 Å². The van der Waals surface area contributed by atoms with Gasteiger partial charge in [-0.25, -0.2) is 0 Å². The van der Waals surface area contributed by atoms with E-state index in [9.17, 15) is 0 Å². The second-order valence-corrected chi connectivity index (χ2v) is 2.53. The van der Waals surface area contributed by atoms with Crippen LogP contribution in [0.2, 0.25) is 0 Å². The highest BCUT2D eigenvalue weighted by Gasteiger charge is 1.97. The van der Waals surface area contributed by atoms with Gasteiger partial charge < -0.3 is 9.47 Å². The molecule has 0 saturated carbocycles. The number of alkyl halides is 1. The zero-order valence-electron chi connectivity index (χ0n) is 7.05. The van der Waals surface area contributed by atoms with Crippen LogP contribution in [0.15, 0.2) is 12.2 Å². The fourth-order valence-corrected chi connectivity index (χ4v) is 0.760. The lowest BCUT2D eigenvalue weighted by molar-refractivity contribution is 0.0227. The van der Waals surface area contributed by atoms with Crippen LogP contribution in [0.4, 0.5) is 0 Å². The summed E-state index contributed by atoms with van der Waals surface area (Å²) < 4.78 is 10.2. The molecular formula is C8H15ClO2. The van der Waals surface area contributed by atoms with E-state index in [0.717, 1.165) is 0 Å². The summed E-state index contributed by atoms with van der Waals surface area (Å²) in [6, 6.07) is 0. The van der Waals surface area contributed by atoms with Crippen LogP contribution in [0.3, 0.4) is 0 Å². The first-order valence-corrected chi connectivity index (χ1v) is 4.16. The Kier molecular flexibility index (Phi) is 8.01. The molecule has 0 N–H and O–H groups in total. The molecule has 0 aromatic carbocycles. The van der Waals surface area contributed by atoms with Crippen molar-refractivity contribution < 1.29 is 9.47 Å². The second kappa shape index (κ2) is 8.05. The van der Waals surface area contributed by atoms with Crippen LogP contribution in [0, 0.1) is 0 Å². The molecule has 0 radical (unpaired) electrons. The highest BCUT2D eigenvalue weighted by molar-refractivity contribution is 6.18. The minimum atomic E-state index is 0.153. The van der Waals surface area contributed by atoms with Gasteiger partial charge in [0.2, 0.25) is 0 Å². The Labute approximate surface area is 73.1 Å². The molecule has 0 aliphatic heterocycles. The Hall–Kier alpha value is -0.0500. The van der Waals surface area contributed by atoms with E-state index >= 15 is 0 Å². The molecule has 1 atom stereocenters. The van der Waals surface area contributed by atoms with Crippen molar-refractivity contribution in [3.05, 3.63) is 12.2 Å². The molecule has 0 spiro atoms. The highest BCUT2D eigenvalue weighted by Crippen LogP contribution is 1.91. The standard InChI is InChI=1S/C8H15ClO2/c1-8(7-10-2)11-6-4-3-5-9/h3-4,8H,5-7H2,1-2H3. The van der Waals surface area contributed by atoms with Gasteiger partial charge in [-0.2, -0.15) is 0 Å². The van der Waals surface area contributed by atoms with Gasteiger partial charge in [-0.3, -0.25) is 0 Å². The predicted molar refractivity (Wildman–Crippen MR) is 47.2 cm³/mol. The maximum atomic E-state index is 5.41. The molecule has 0 heterocycles. The topological polar surface area (TPSA) is 18.5 Å². The lowest BCUT2D eigenvalue weighted by atomic mass is 10.4. The zero-order chi connectivity index (χ0) is 8.53. The monoisotopic (exact) mass is 178 g/mol. The molecule has 0 aromatic heterocycles. The van der Waals surface area contributed by atoms with Gasteiger partial charge in [0.1, 0.15) is 0 Å². The Morgan fingerprint density at radius 3 is 2.73 bits per heavy atom. The Balaban J connectivity index is 3.16. The normalized spacial score (nSPS) is 14.1. The van der Waals surface area contributed by atoms with Gasteiger partial charge in [-0.1, -0.05) is 12.2 Å². The first-order valence-electron chi connectivity index (χ1n) is 3.62. The molecule has 0 fully saturated rings. The third kappa shape index (κ3) is 7.85. The molecule has 0 saturated heterocycles. The van der Waals surface area contributed by atoms with Gasteiger partial charge in [0.25, 0.3) is 0 Å². The van der Waals surface area contributed by atoms with E-state index in [4.69, 9.17) is 21.1 Å². The van der Waals surface area contributed by atoms with Gasteiger partial charge in [-0.15, -0.1) is 11.6 Å². The Bertz CT molecular complexity index is 104. The lowest BCUT2D eigenvalue weighted by Gasteiger charge is -2.09. The van der Waals surface area contributed by atoms with E-state index in [1.165, 1.54) is 0 Å².